The molecule has 3 aromatic rings. The third-order valence-electron chi connectivity index (χ3n) is 8.65. The number of ether oxygens (including phenoxy) is 1. The van der Waals surface area contributed by atoms with Gasteiger partial charge in [-0.15, -0.1) is 0 Å². The summed E-state index contributed by atoms with van der Waals surface area (Å²) in [6, 6.07) is 15.2. The summed E-state index contributed by atoms with van der Waals surface area (Å²) in [7, 11) is 0. The monoisotopic (exact) mass is 542 g/mol. The Hall–Kier alpha value is -3.53. The van der Waals surface area contributed by atoms with E-state index in [9.17, 15) is 8.78 Å². The van der Waals surface area contributed by atoms with E-state index in [1.54, 1.807) is 30.3 Å². The molecular weight excluding hydrogens is 505 g/mol. The van der Waals surface area contributed by atoms with Gasteiger partial charge in [0.05, 0.1) is 0 Å². The molecule has 1 saturated carbocycles. The number of hydrogen-bond donors (Lipinski definition) is 0. The first-order valence-corrected chi connectivity index (χ1v) is 14.4. The first-order valence-electron chi connectivity index (χ1n) is 14.4. The highest BCUT2D eigenvalue weighted by Gasteiger charge is 2.28. The molecule has 2 aliphatic carbocycles. The van der Waals surface area contributed by atoms with Gasteiger partial charge >= 0.3 is 0 Å². The van der Waals surface area contributed by atoms with Crippen LogP contribution >= 0.6 is 0 Å². The van der Waals surface area contributed by atoms with Crippen molar-refractivity contribution < 1.29 is 17.9 Å². The molecule has 1 fully saturated rings. The van der Waals surface area contributed by atoms with Crippen molar-refractivity contribution in [1.29, 1.82) is 0 Å². The lowest BCUT2D eigenvalue weighted by atomic mass is 9.71. The van der Waals surface area contributed by atoms with Gasteiger partial charge in [0, 0.05) is 11.1 Å². The van der Waals surface area contributed by atoms with Gasteiger partial charge in [-0.25, -0.2) is 8.78 Å². The summed E-state index contributed by atoms with van der Waals surface area (Å²) in [6.45, 7) is 5.71. The highest BCUT2D eigenvalue weighted by molar-refractivity contribution is 5.74. The minimum Gasteiger partial charge on any atom is -0.486 e. The highest BCUT2D eigenvalue weighted by atomic mass is 19.2. The van der Waals surface area contributed by atoms with Crippen molar-refractivity contribution >= 4 is 5.57 Å². The van der Waals surface area contributed by atoms with Gasteiger partial charge in [-0.2, -0.15) is 4.39 Å². The zero-order valence-electron chi connectivity index (χ0n) is 23.1. The zero-order valence-corrected chi connectivity index (χ0v) is 23.1. The van der Waals surface area contributed by atoms with E-state index in [1.807, 2.05) is 12.1 Å². The quantitative estimate of drug-likeness (QED) is 0.257. The van der Waals surface area contributed by atoms with E-state index in [4.69, 9.17) is 4.74 Å². The van der Waals surface area contributed by atoms with E-state index in [-0.39, 0.29) is 23.7 Å². The number of rotatable bonds is 8. The lowest BCUT2D eigenvalue weighted by Crippen LogP contribution is -2.22. The maximum absolute atomic E-state index is 15.3. The Balaban J connectivity index is 1.25. The van der Waals surface area contributed by atoms with Crippen LogP contribution in [-0.2, 0) is 0 Å². The van der Waals surface area contributed by atoms with E-state index < -0.39 is 11.6 Å². The second-order valence-electron chi connectivity index (χ2n) is 11.1. The number of hydrogen-bond acceptors (Lipinski definition) is 1. The summed E-state index contributed by atoms with van der Waals surface area (Å²) in [6.07, 6.45) is 16.8. The van der Waals surface area contributed by atoms with E-state index in [0.717, 1.165) is 36.2 Å². The molecule has 1 unspecified atom stereocenters. The molecule has 0 saturated heterocycles. The normalized spacial score (nSPS) is 21.3. The fourth-order valence-corrected chi connectivity index (χ4v) is 6.42. The smallest absolute Gasteiger partial charge is 0.201 e. The second-order valence-corrected chi connectivity index (χ2v) is 11.1. The Kier molecular flexibility index (Phi) is 8.94. The van der Waals surface area contributed by atoms with Gasteiger partial charge in [-0.1, -0.05) is 67.3 Å². The number of allylic oxidation sites excluding steroid dienone is 4. The molecule has 4 heteroatoms. The third-order valence-corrected chi connectivity index (χ3v) is 8.65. The van der Waals surface area contributed by atoms with Crippen LogP contribution in [0.2, 0.25) is 0 Å². The predicted octanol–water partition coefficient (Wildman–Crippen LogP) is 10.6. The van der Waals surface area contributed by atoms with E-state index in [1.165, 1.54) is 55.9 Å². The molecule has 0 N–H and O–H groups in total. The fraction of sp³-hybridized carbons (Fsp3) is 0.333. The van der Waals surface area contributed by atoms with Crippen LogP contribution in [0, 0.1) is 35.2 Å². The molecule has 0 spiro atoms. The van der Waals surface area contributed by atoms with Crippen LogP contribution in [-0.4, -0.2) is 6.61 Å². The van der Waals surface area contributed by atoms with Crippen LogP contribution in [0.5, 0.6) is 5.75 Å². The minimum absolute atomic E-state index is 0.0880. The molecule has 0 heterocycles. The first kappa shape index (κ1) is 28.0. The maximum atomic E-state index is 15.3. The van der Waals surface area contributed by atoms with Gasteiger partial charge in [0.1, 0.15) is 12.4 Å². The number of halogens is 3. The van der Waals surface area contributed by atoms with Crippen LogP contribution < -0.4 is 4.74 Å². The van der Waals surface area contributed by atoms with Crippen LogP contribution in [0.25, 0.3) is 27.8 Å². The Bertz CT molecular complexity index is 1390. The molecule has 0 aliphatic heterocycles. The van der Waals surface area contributed by atoms with Crippen molar-refractivity contribution in [1.82, 2.24) is 0 Å². The second kappa shape index (κ2) is 12.8. The van der Waals surface area contributed by atoms with Crippen LogP contribution in [0.4, 0.5) is 13.2 Å². The summed E-state index contributed by atoms with van der Waals surface area (Å²) in [5.41, 5.74) is 3.99. The van der Waals surface area contributed by atoms with E-state index in [0.29, 0.717) is 16.7 Å². The van der Waals surface area contributed by atoms with Crippen molar-refractivity contribution in [3.05, 3.63) is 108 Å². The highest BCUT2D eigenvalue weighted by Crippen LogP contribution is 2.42. The summed E-state index contributed by atoms with van der Waals surface area (Å²) < 4.78 is 49.6. The topological polar surface area (TPSA) is 9.23 Å². The molecule has 1 nitrogen and oxygen atoms in total. The van der Waals surface area contributed by atoms with E-state index in [2.05, 4.69) is 31.7 Å². The Morgan fingerprint density at radius 1 is 0.800 bits per heavy atom. The Morgan fingerprint density at radius 3 is 2.10 bits per heavy atom. The van der Waals surface area contributed by atoms with Gasteiger partial charge in [0.25, 0.3) is 0 Å². The van der Waals surface area contributed by atoms with Gasteiger partial charge in [0.2, 0.25) is 5.82 Å². The molecule has 40 heavy (non-hydrogen) atoms. The average molecular weight is 543 g/mol. The molecule has 3 aromatic carbocycles. The zero-order chi connectivity index (χ0) is 28.1. The summed E-state index contributed by atoms with van der Waals surface area (Å²) in [5.74, 6) is -0.138. The lowest BCUT2D eigenvalue weighted by Gasteiger charge is -2.34. The molecule has 1 atom stereocenters. The standard InChI is InChI=1S/C36H37F3O/c1-3-5-24-6-8-25(9-7-24)26-10-12-27(13-11-26)30-18-19-31(33(37)23-30)28-14-16-29(17-15-28)32-20-21-34(40-22-4-2)36(39)35(32)38/h3-5,12,14-21,23-26H,2,6-11,13,22H2,1H3/b5-3+. The van der Waals surface area contributed by atoms with Gasteiger partial charge in [0.15, 0.2) is 11.6 Å². The minimum atomic E-state index is -1.04. The van der Waals surface area contributed by atoms with Gasteiger partial charge in [-0.3, -0.25) is 0 Å². The van der Waals surface area contributed by atoms with Crippen molar-refractivity contribution in [2.24, 2.45) is 17.8 Å². The van der Waals surface area contributed by atoms with Crippen LogP contribution in [0.1, 0.15) is 57.4 Å². The SMILES string of the molecule is C=CCOc1ccc(-c2ccc(-c3ccc(C4=CCC(C5CCC(/C=C/C)CC5)CC4)cc3F)cc2)c(F)c1F. The summed E-state index contributed by atoms with van der Waals surface area (Å²) in [4.78, 5) is 0. The third kappa shape index (κ3) is 6.11. The Labute approximate surface area is 236 Å². The molecule has 208 valence electrons. The van der Waals surface area contributed by atoms with Gasteiger partial charge in [-0.05, 0) is 110 Å². The molecule has 2 aliphatic rings. The molecule has 5 rings (SSSR count). The number of benzene rings is 3. The fourth-order valence-electron chi connectivity index (χ4n) is 6.42. The molecule has 0 aromatic heterocycles. The van der Waals surface area contributed by atoms with Gasteiger partial charge < -0.3 is 4.74 Å². The van der Waals surface area contributed by atoms with Crippen molar-refractivity contribution in [2.75, 3.05) is 6.61 Å². The largest absolute Gasteiger partial charge is 0.486 e. The predicted molar refractivity (Wildman–Crippen MR) is 158 cm³/mol. The average Bonchev–Trinajstić information content (AvgIpc) is 2.99. The van der Waals surface area contributed by atoms with E-state index >= 15 is 4.39 Å². The van der Waals surface area contributed by atoms with Crippen molar-refractivity contribution in [2.45, 2.75) is 51.9 Å². The van der Waals surface area contributed by atoms with Crippen molar-refractivity contribution in [3.63, 3.8) is 0 Å². The molecular formula is C36H37F3O. The molecule has 0 radical (unpaired) electrons. The summed E-state index contributed by atoms with van der Waals surface area (Å²) in [5, 5.41) is 0. The first-order chi connectivity index (χ1) is 19.5. The molecule has 0 bridgehead atoms. The lowest BCUT2D eigenvalue weighted by molar-refractivity contribution is 0.212. The molecule has 0 amide bonds. The van der Waals surface area contributed by atoms with Crippen LogP contribution in [0.15, 0.2) is 85.5 Å². The Morgan fingerprint density at radius 2 is 1.48 bits per heavy atom. The van der Waals surface area contributed by atoms with Crippen LogP contribution in [0.3, 0.4) is 0 Å². The maximum Gasteiger partial charge on any atom is 0.201 e. The summed E-state index contributed by atoms with van der Waals surface area (Å²) >= 11 is 0. The van der Waals surface area contributed by atoms with Crippen molar-refractivity contribution in [3.8, 4) is 28.0 Å².